The van der Waals surface area contributed by atoms with E-state index in [-0.39, 0.29) is 5.97 Å². The zero-order valence-electron chi connectivity index (χ0n) is 14.6. The molecule has 0 aromatic heterocycles. The minimum Gasteiger partial charge on any atom is -0.451 e. The van der Waals surface area contributed by atoms with Crippen LogP contribution in [0.5, 0.6) is 0 Å². The first-order valence-electron chi connectivity index (χ1n) is 8.49. The van der Waals surface area contributed by atoms with Crippen LogP contribution < -0.4 is 4.90 Å². The lowest BCUT2D eigenvalue weighted by molar-refractivity contribution is -0.145. The molecule has 0 spiro atoms. The lowest BCUT2D eigenvalue weighted by Crippen LogP contribution is -2.39. The summed E-state index contributed by atoms with van der Waals surface area (Å²) in [6, 6.07) is 15.4. The van der Waals surface area contributed by atoms with E-state index in [0.29, 0.717) is 16.4 Å². The predicted octanol–water partition coefficient (Wildman–Crippen LogP) is 4.56. The Morgan fingerprint density at radius 3 is 2.67 bits per heavy atom. The Kier molecular flexibility index (Phi) is 3.58. The van der Waals surface area contributed by atoms with E-state index in [9.17, 15) is 4.79 Å². The van der Waals surface area contributed by atoms with Crippen LogP contribution in [-0.4, -0.2) is 23.6 Å². The quantitative estimate of drug-likeness (QED) is 0.659. The Balaban J connectivity index is 1.70. The fourth-order valence-electron chi connectivity index (χ4n) is 3.51. The van der Waals surface area contributed by atoms with Gasteiger partial charge in [0.2, 0.25) is 6.23 Å². The highest BCUT2D eigenvalue weighted by molar-refractivity contribution is 8.03. The van der Waals surface area contributed by atoms with Gasteiger partial charge < -0.3 is 9.57 Å². The first-order chi connectivity index (χ1) is 13.0. The second kappa shape index (κ2) is 5.78. The number of anilines is 1. The number of fused-ring (bicyclic) bond motifs is 4. The summed E-state index contributed by atoms with van der Waals surface area (Å²) >= 11 is 7.58. The van der Waals surface area contributed by atoms with Gasteiger partial charge in [-0.1, -0.05) is 40.7 Å². The first-order valence-corrected chi connectivity index (χ1v) is 9.69. The van der Waals surface area contributed by atoms with Crippen molar-refractivity contribution >= 4 is 40.9 Å². The van der Waals surface area contributed by atoms with Crippen molar-refractivity contribution in [1.29, 1.82) is 0 Å². The molecular weight excluding hydrogens is 384 g/mol. The minimum atomic E-state index is -0.702. The van der Waals surface area contributed by atoms with Gasteiger partial charge in [-0.15, -0.1) is 0 Å². The Morgan fingerprint density at radius 2 is 1.89 bits per heavy atom. The Morgan fingerprint density at radius 1 is 1.15 bits per heavy atom. The van der Waals surface area contributed by atoms with Crippen LogP contribution in [0.2, 0.25) is 5.02 Å². The van der Waals surface area contributed by atoms with Crippen molar-refractivity contribution in [2.75, 3.05) is 4.90 Å². The molecule has 0 N–H and O–H groups in total. The number of ether oxygens (including phenoxy) is 1. The molecule has 2 aromatic carbocycles. The molecule has 0 saturated carbocycles. The van der Waals surface area contributed by atoms with E-state index in [1.54, 1.807) is 11.8 Å². The van der Waals surface area contributed by atoms with Gasteiger partial charge in [-0.3, -0.25) is 4.90 Å². The third-order valence-electron chi connectivity index (χ3n) is 4.75. The topological polar surface area (TPSA) is 51.1 Å². The van der Waals surface area contributed by atoms with Crippen LogP contribution in [0.3, 0.4) is 0 Å². The van der Waals surface area contributed by atoms with Crippen molar-refractivity contribution in [2.24, 2.45) is 5.16 Å². The number of halogens is 1. The van der Waals surface area contributed by atoms with E-state index < -0.39 is 11.8 Å². The molecular formula is C20H15ClN2O3S. The van der Waals surface area contributed by atoms with Gasteiger partial charge in [0.1, 0.15) is 11.2 Å². The maximum atomic E-state index is 12.7. The number of hydrogen-bond donors (Lipinski definition) is 0. The van der Waals surface area contributed by atoms with E-state index in [0.717, 1.165) is 21.1 Å². The van der Waals surface area contributed by atoms with Gasteiger partial charge in [0.05, 0.1) is 5.69 Å². The van der Waals surface area contributed by atoms with Crippen molar-refractivity contribution in [3.8, 4) is 0 Å². The molecule has 136 valence electrons. The van der Waals surface area contributed by atoms with Crippen LogP contribution in [0.15, 0.2) is 69.1 Å². The van der Waals surface area contributed by atoms with Crippen LogP contribution in [0.4, 0.5) is 5.69 Å². The molecule has 0 saturated heterocycles. The maximum absolute atomic E-state index is 12.7. The normalized spacial score (nSPS) is 22.3. The van der Waals surface area contributed by atoms with Gasteiger partial charge >= 0.3 is 5.97 Å². The number of carbonyl (C=O) groups excluding carboxylic acids is 1. The van der Waals surface area contributed by atoms with Crippen LogP contribution >= 0.6 is 23.4 Å². The van der Waals surface area contributed by atoms with E-state index in [4.69, 9.17) is 21.2 Å². The number of nitrogens with zero attached hydrogens (tertiary/aromatic N) is 2. The lowest BCUT2D eigenvalue weighted by atomic mass is 10.1. The molecule has 5 nitrogen and oxygen atoms in total. The van der Waals surface area contributed by atoms with Crippen LogP contribution in [0, 0.1) is 0 Å². The number of rotatable bonds is 1. The van der Waals surface area contributed by atoms with Gasteiger partial charge in [0.25, 0.3) is 0 Å². The van der Waals surface area contributed by atoms with E-state index in [1.807, 2.05) is 67.3 Å². The molecule has 0 radical (unpaired) electrons. The molecule has 2 aromatic rings. The van der Waals surface area contributed by atoms with Crippen molar-refractivity contribution in [3.63, 3.8) is 0 Å². The smallest absolute Gasteiger partial charge is 0.341 e. The molecule has 3 aliphatic heterocycles. The zero-order valence-corrected chi connectivity index (χ0v) is 16.2. The SMILES string of the molecule is CC1(C)OC(=O)C2=C1Sc1ccccc1N1C(c3ccc(Cl)cc3)=NOC21. The predicted molar refractivity (Wildman–Crippen MR) is 105 cm³/mol. The highest BCUT2D eigenvalue weighted by atomic mass is 35.5. The maximum Gasteiger partial charge on any atom is 0.341 e. The third-order valence-corrected chi connectivity index (χ3v) is 6.48. The Hall–Kier alpha value is -2.44. The van der Waals surface area contributed by atoms with Crippen LogP contribution in [0.25, 0.3) is 0 Å². The molecule has 7 heteroatoms. The number of thioether (sulfide) groups is 1. The third kappa shape index (κ3) is 2.47. The summed E-state index contributed by atoms with van der Waals surface area (Å²) in [7, 11) is 0. The average molecular weight is 399 g/mol. The Labute approximate surface area is 165 Å². The summed E-state index contributed by atoms with van der Waals surface area (Å²) in [6.07, 6.45) is -0.656. The van der Waals surface area contributed by atoms with Gasteiger partial charge in [0, 0.05) is 20.4 Å². The highest BCUT2D eigenvalue weighted by Crippen LogP contribution is 2.51. The van der Waals surface area contributed by atoms with Gasteiger partial charge in [0.15, 0.2) is 5.84 Å². The number of benzene rings is 2. The molecule has 3 aliphatic rings. The summed E-state index contributed by atoms with van der Waals surface area (Å²) in [5, 5.41) is 4.96. The second-order valence-electron chi connectivity index (χ2n) is 6.96. The molecule has 3 heterocycles. The van der Waals surface area contributed by atoms with Gasteiger partial charge in [-0.05, 0) is 50.2 Å². The van der Waals surface area contributed by atoms with Gasteiger partial charge in [-0.25, -0.2) is 4.79 Å². The monoisotopic (exact) mass is 398 g/mol. The van der Waals surface area contributed by atoms with Crippen molar-refractivity contribution in [1.82, 2.24) is 0 Å². The number of hydrogen-bond acceptors (Lipinski definition) is 6. The number of cyclic esters (lactones) is 1. The minimum absolute atomic E-state index is 0.363. The molecule has 0 aliphatic carbocycles. The molecule has 0 amide bonds. The fourth-order valence-corrected chi connectivity index (χ4v) is 4.85. The average Bonchev–Trinajstić information content (AvgIpc) is 3.09. The molecule has 1 atom stereocenters. The van der Waals surface area contributed by atoms with E-state index >= 15 is 0 Å². The summed E-state index contributed by atoms with van der Waals surface area (Å²) in [6.45, 7) is 3.79. The summed E-state index contributed by atoms with van der Waals surface area (Å²) < 4.78 is 5.62. The number of para-hydroxylation sites is 1. The highest BCUT2D eigenvalue weighted by Gasteiger charge is 2.51. The number of amidine groups is 1. The largest absolute Gasteiger partial charge is 0.451 e. The van der Waals surface area contributed by atoms with Crippen molar-refractivity contribution in [3.05, 3.63) is 69.6 Å². The molecule has 0 bridgehead atoms. The van der Waals surface area contributed by atoms with Crippen LogP contribution in [0.1, 0.15) is 19.4 Å². The molecule has 5 rings (SSSR count). The first kappa shape index (κ1) is 16.7. The molecule has 27 heavy (non-hydrogen) atoms. The van der Waals surface area contributed by atoms with E-state index in [2.05, 4.69) is 5.16 Å². The summed E-state index contributed by atoms with van der Waals surface area (Å²) in [5.41, 5.74) is 1.61. The zero-order chi connectivity index (χ0) is 18.8. The van der Waals surface area contributed by atoms with Crippen LogP contribution in [-0.2, 0) is 14.4 Å². The van der Waals surface area contributed by atoms with Crippen molar-refractivity contribution < 1.29 is 14.4 Å². The van der Waals surface area contributed by atoms with Crippen molar-refractivity contribution in [2.45, 2.75) is 30.6 Å². The molecule has 1 unspecified atom stereocenters. The number of esters is 1. The Bertz CT molecular complexity index is 1030. The second-order valence-corrected chi connectivity index (χ2v) is 8.45. The van der Waals surface area contributed by atoms with Gasteiger partial charge in [-0.2, -0.15) is 0 Å². The summed E-state index contributed by atoms with van der Waals surface area (Å²) in [4.78, 5) is 22.3. The molecule has 0 fully saturated rings. The number of carbonyl (C=O) groups is 1. The number of oxime groups is 1. The van der Waals surface area contributed by atoms with E-state index in [1.165, 1.54) is 0 Å². The fraction of sp³-hybridized carbons (Fsp3) is 0.200. The summed E-state index contributed by atoms with van der Waals surface area (Å²) in [5.74, 6) is 0.272. The standard InChI is InChI=1S/C20H15ClN2O3S/c1-20(2)16-15(19(24)25-20)18-23(13-5-3-4-6-14(13)27-16)17(22-26-18)11-7-9-12(21)10-8-11/h3-10,18H,1-2H3. The lowest BCUT2D eigenvalue weighted by Gasteiger charge is -2.25.